The molecule has 19 heavy (non-hydrogen) atoms. The van der Waals surface area contributed by atoms with Gasteiger partial charge < -0.3 is 5.11 Å². The molecule has 0 saturated heterocycles. The number of aliphatic hydroxyl groups excluding tert-OH is 1. The number of halogens is 1. The highest BCUT2D eigenvalue weighted by Gasteiger charge is 2.17. The van der Waals surface area contributed by atoms with Gasteiger partial charge in [-0.15, -0.1) is 11.3 Å². The van der Waals surface area contributed by atoms with Crippen LogP contribution in [0.4, 0.5) is 5.69 Å². The van der Waals surface area contributed by atoms with Gasteiger partial charge in [-0.25, -0.2) is 8.42 Å². The molecule has 7 heteroatoms. The normalized spacial score (nSPS) is 11.5. The van der Waals surface area contributed by atoms with Gasteiger partial charge in [0, 0.05) is 15.3 Å². The Morgan fingerprint density at radius 2 is 2.11 bits per heavy atom. The molecule has 102 valence electrons. The first kappa shape index (κ1) is 14.3. The van der Waals surface area contributed by atoms with Crippen LogP contribution >= 0.6 is 22.9 Å². The van der Waals surface area contributed by atoms with E-state index < -0.39 is 10.0 Å². The number of aliphatic hydroxyl groups is 1. The predicted molar refractivity (Wildman–Crippen MR) is 77.2 cm³/mol. The van der Waals surface area contributed by atoms with Crippen LogP contribution in [0.5, 0.6) is 0 Å². The monoisotopic (exact) mass is 317 g/mol. The van der Waals surface area contributed by atoms with E-state index in [-0.39, 0.29) is 11.5 Å². The summed E-state index contributed by atoms with van der Waals surface area (Å²) in [5.41, 5.74) is 1.23. The molecule has 1 aromatic heterocycles. The summed E-state index contributed by atoms with van der Waals surface area (Å²) in [6, 6.07) is 6.46. The van der Waals surface area contributed by atoms with Crippen molar-refractivity contribution >= 4 is 38.6 Å². The molecule has 0 unspecified atom stereocenters. The molecule has 0 amide bonds. The average molecular weight is 318 g/mol. The van der Waals surface area contributed by atoms with E-state index >= 15 is 0 Å². The summed E-state index contributed by atoms with van der Waals surface area (Å²) in [6.07, 6.45) is 0. The zero-order chi connectivity index (χ0) is 14.0. The first-order chi connectivity index (χ1) is 8.92. The molecule has 2 rings (SSSR count). The molecular weight excluding hydrogens is 306 g/mol. The number of aryl methyl sites for hydroxylation is 1. The molecule has 0 bridgehead atoms. The standard InChI is InChI=1S/C12H12ClNO3S2/c1-8-2-3-9(13)4-12(8)14-19(16,17)11-5-10(6-15)18-7-11/h2-5,7,14-15H,6H2,1H3. The van der Waals surface area contributed by atoms with Crippen molar-refractivity contribution in [2.24, 2.45) is 0 Å². The van der Waals surface area contributed by atoms with E-state index in [1.165, 1.54) is 22.8 Å². The molecule has 0 atom stereocenters. The van der Waals surface area contributed by atoms with Crippen LogP contribution in [-0.2, 0) is 16.6 Å². The van der Waals surface area contributed by atoms with Gasteiger partial charge >= 0.3 is 0 Å². The van der Waals surface area contributed by atoms with E-state index in [4.69, 9.17) is 16.7 Å². The first-order valence-corrected chi connectivity index (χ1v) is 8.14. The topological polar surface area (TPSA) is 66.4 Å². The van der Waals surface area contributed by atoms with Gasteiger partial charge in [0.25, 0.3) is 10.0 Å². The van der Waals surface area contributed by atoms with Crippen LogP contribution in [-0.4, -0.2) is 13.5 Å². The Bertz CT molecular complexity index is 695. The van der Waals surface area contributed by atoms with Crippen LogP contribution in [0.15, 0.2) is 34.5 Å². The van der Waals surface area contributed by atoms with E-state index in [0.717, 1.165) is 5.56 Å². The second-order valence-electron chi connectivity index (χ2n) is 3.97. The van der Waals surface area contributed by atoms with Crippen molar-refractivity contribution in [3.8, 4) is 0 Å². The number of hydrogen-bond acceptors (Lipinski definition) is 4. The van der Waals surface area contributed by atoms with Crippen LogP contribution in [0.1, 0.15) is 10.4 Å². The molecule has 2 N–H and O–H groups in total. The minimum atomic E-state index is -3.65. The Morgan fingerprint density at radius 3 is 2.74 bits per heavy atom. The van der Waals surface area contributed by atoms with Gasteiger partial charge in [-0.2, -0.15) is 0 Å². The van der Waals surface area contributed by atoms with Crippen LogP contribution in [0.2, 0.25) is 5.02 Å². The third-order valence-electron chi connectivity index (χ3n) is 2.54. The maximum absolute atomic E-state index is 12.2. The van der Waals surface area contributed by atoms with E-state index in [2.05, 4.69) is 4.72 Å². The Kier molecular flexibility index (Phi) is 4.15. The highest BCUT2D eigenvalue weighted by atomic mass is 35.5. The van der Waals surface area contributed by atoms with Gasteiger partial charge in [0.1, 0.15) is 0 Å². The number of anilines is 1. The number of rotatable bonds is 4. The van der Waals surface area contributed by atoms with E-state index in [1.807, 2.05) is 0 Å². The lowest BCUT2D eigenvalue weighted by molar-refractivity contribution is 0.285. The van der Waals surface area contributed by atoms with Gasteiger partial charge in [0.05, 0.1) is 17.2 Å². The lowest BCUT2D eigenvalue weighted by Crippen LogP contribution is -2.13. The van der Waals surface area contributed by atoms with E-state index in [0.29, 0.717) is 15.6 Å². The lowest BCUT2D eigenvalue weighted by atomic mass is 10.2. The van der Waals surface area contributed by atoms with Gasteiger partial charge in [-0.3, -0.25) is 4.72 Å². The maximum atomic E-state index is 12.2. The summed E-state index contributed by atoms with van der Waals surface area (Å²) in [5.74, 6) is 0. The molecule has 0 aliphatic rings. The van der Waals surface area contributed by atoms with Crippen molar-refractivity contribution in [3.63, 3.8) is 0 Å². The second-order valence-corrected chi connectivity index (χ2v) is 7.09. The Balaban J connectivity index is 2.33. The van der Waals surface area contributed by atoms with Gasteiger partial charge in [0.2, 0.25) is 0 Å². The maximum Gasteiger partial charge on any atom is 0.262 e. The van der Waals surface area contributed by atoms with Crippen LogP contribution in [0.25, 0.3) is 0 Å². The highest BCUT2D eigenvalue weighted by molar-refractivity contribution is 7.92. The van der Waals surface area contributed by atoms with Crippen LogP contribution < -0.4 is 4.72 Å². The Labute approximate surface area is 120 Å². The highest BCUT2D eigenvalue weighted by Crippen LogP contribution is 2.25. The minimum Gasteiger partial charge on any atom is -0.391 e. The second kappa shape index (κ2) is 5.50. The van der Waals surface area contributed by atoms with E-state index in [9.17, 15) is 8.42 Å². The molecule has 4 nitrogen and oxygen atoms in total. The summed E-state index contributed by atoms with van der Waals surface area (Å²) < 4.78 is 26.8. The third-order valence-corrected chi connectivity index (χ3v) is 5.19. The third kappa shape index (κ3) is 3.27. The lowest BCUT2D eigenvalue weighted by Gasteiger charge is -2.09. The number of benzene rings is 1. The summed E-state index contributed by atoms with van der Waals surface area (Å²) in [4.78, 5) is 0.740. The fourth-order valence-electron chi connectivity index (χ4n) is 1.49. The molecular formula is C12H12ClNO3S2. The number of hydrogen-bond donors (Lipinski definition) is 2. The van der Waals surface area contributed by atoms with Crippen molar-refractivity contribution in [1.29, 1.82) is 0 Å². The summed E-state index contributed by atoms with van der Waals surface area (Å²) in [7, 11) is -3.65. The fraction of sp³-hybridized carbons (Fsp3) is 0.167. The zero-order valence-corrected chi connectivity index (χ0v) is 12.4. The minimum absolute atomic E-state index is 0.140. The largest absolute Gasteiger partial charge is 0.391 e. The van der Waals surface area contributed by atoms with Crippen molar-refractivity contribution in [3.05, 3.63) is 45.1 Å². The number of thiophene rings is 1. The predicted octanol–water partition coefficient (Wildman–Crippen LogP) is 3.00. The summed E-state index contributed by atoms with van der Waals surface area (Å²) in [5, 5.41) is 10.9. The van der Waals surface area contributed by atoms with Gasteiger partial charge in [-0.1, -0.05) is 17.7 Å². The number of nitrogens with one attached hydrogen (secondary N) is 1. The summed E-state index contributed by atoms with van der Waals surface area (Å²) in [6.45, 7) is 1.62. The van der Waals surface area contributed by atoms with Crippen LogP contribution in [0, 0.1) is 6.92 Å². The SMILES string of the molecule is Cc1ccc(Cl)cc1NS(=O)(=O)c1csc(CO)c1. The van der Waals surface area contributed by atoms with E-state index in [1.54, 1.807) is 25.1 Å². The average Bonchev–Trinajstić information content (AvgIpc) is 2.83. The molecule has 0 aliphatic carbocycles. The molecule has 0 spiro atoms. The molecule has 1 aromatic carbocycles. The smallest absolute Gasteiger partial charge is 0.262 e. The summed E-state index contributed by atoms with van der Waals surface area (Å²) >= 11 is 7.05. The van der Waals surface area contributed by atoms with Crippen molar-refractivity contribution in [2.45, 2.75) is 18.4 Å². The molecule has 1 heterocycles. The zero-order valence-electron chi connectivity index (χ0n) is 10.1. The van der Waals surface area contributed by atoms with Crippen molar-refractivity contribution in [1.82, 2.24) is 0 Å². The number of sulfonamides is 1. The fourth-order valence-corrected chi connectivity index (χ4v) is 3.92. The molecule has 0 aliphatic heterocycles. The molecule has 0 saturated carbocycles. The van der Waals surface area contributed by atoms with Crippen LogP contribution in [0.3, 0.4) is 0 Å². The molecule has 0 radical (unpaired) electrons. The first-order valence-electron chi connectivity index (χ1n) is 5.39. The quantitative estimate of drug-likeness (QED) is 0.911. The molecule has 0 fully saturated rings. The van der Waals surface area contributed by atoms with Crippen molar-refractivity contribution < 1.29 is 13.5 Å². The molecule has 2 aromatic rings. The van der Waals surface area contributed by atoms with Crippen molar-refractivity contribution in [2.75, 3.05) is 4.72 Å². The van der Waals surface area contributed by atoms with Gasteiger partial charge in [0.15, 0.2) is 0 Å². The Morgan fingerprint density at radius 1 is 1.37 bits per heavy atom. The van der Waals surface area contributed by atoms with Gasteiger partial charge in [-0.05, 0) is 30.7 Å². The Hall–Kier alpha value is -1.08.